The number of nitrogens with one attached hydrogen (secondary N) is 1. The molecular formula is C22H30N5O2+. The van der Waals surface area contributed by atoms with Crippen molar-refractivity contribution in [2.75, 3.05) is 11.4 Å². The molecule has 1 atom stereocenters. The van der Waals surface area contributed by atoms with Crippen LogP contribution in [-0.4, -0.2) is 20.7 Å². The number of aryl methyl sites for hydroxylation is 1. The summed E-state index contributed by atoms with van der Waals surface area (Å²) in [5, 5.41) is 0. The minimum Gasteiger partial charge on any atom is -0.267 e. The molecule has 1 N–H and O–H groups in total. The summed E-state index contributed by atoms with van der Waals surface area (Å²) in [4.78, 5) is 31.8. The Balaban J connectivity index is 1.86. The van der Waals surface area contributed by atoms with Gasteiger partial charge >= 0.3 is 11.6 Å². The molecular weight excluding hydrogens is 366 g/mol. The Hall–Kier alpha value is -2.83. The van der Waals surface area contributed by atoms with Crippen molar-refractivity contribution in [2.24, 2.45) is 13.0 Å². The maximum Gasteiger partial charge on any atom is 0.364 e. The van der Waals surface area contributed by atoms with Crippen molar-refractivity contribution >= 4 is 22.8 Å². The first-order valence-electron chi connectivity index (χ1n) is 10.6. The molecule has 0 saturated carbocycles. The molecule has 0 bridgehead atoms. The fourth-order valence-electron chi connectivity index (χ4n) is 4.31. The number of anilines is 2. The lowest BCUT2D eigenvalue weighted by Gasteiger charge is -2.26. The number of para-hydroxylation sites is 1. The van der Waals surface area contributed by atoms with Crippen LogP contribution in [0, 0.1) is 5.92 Å². The summed E-state index contributed by atoms with van der Waals surface area (Å²) in [7, 11) is 1.74. The zero-order valence-electron chi connectivity index (χ0n) is 17.5. The van der Waals surface area contributed by atoms with Gasteiger partial charge in [0.15, 0.2) is 0 Å². The molecule has 3 aromatic rings. The van der Waals surface area contributed by atoms with Crippen LogP contribution in [0.15, 0.2) is 39.9 Å². The molecule has 0 saturated heterocycles. The number of hydrogen-bond donors (Lipinski definition) is 1. The summed E-state index contributed by atoms with van der Waals surface area (Å²) >= 11 is 0. The highest BCUT2D eigenvalue weighted by Gasteiger charge is 2.35. The van der Waals surface area contributed by atoms with Crippen LogP contribution in [-0.2, 0) is 20.1 Å². The molecule has 1 aromatic carbocycles. The van der Waals surface area contributed by atoms with Crippen molar-refractivity contribution < 1.29 is 4.57 Å². The number of H-pyrrole nitrogens is 1. The quantitative estimate of drug-likeness (QED) is 0.515. The molecule has 0 fully saturated rings. The molecule has 4 rings (SSSR count). The smallest absolute Gasteiger partial charge is 0.267 e. The van der Waals surface area contributed by atoms with Gasteiger partial charge < -0.3 is 0 Å². The van der Waals surface area contributed by atoms with Crippen LogP contribution in [0.25, 0.3) is 11.2 Å². The highest BCUT2D eigenvalue weighted by molar-refractivity contribution is 5.70. The summed E-state index contributed by atoms with van der Waals surface area (Å²) in [6.45, 7) is 6.42. The summed E-state index contributed by atoms with van der Waals surface area (Å²) < 4.78 is 5.04. The summed E-state index contributed by atoms with van der Waals surface area (Å²) in [5.41, 5.74) is 1.81. The van der Waals surface area contributed by atoms with Crippen molar-refractivity contribution in [3.8, 4) is 0 Å². The number of nitrogens with zero attached hydrogens (tertiary/aromatic N) is 4. The van der Waals surface area contributed by atoms with Crippen LogP contribution in [0.3, 0.4) is 0 Å². The molecule has 2 aromatic heterocycles. The fraction of sp³-hybridized carbons (Fsp3) is 0.500. The van der Waals surface area contributed by atoms with E-state index in [1.165, 1.54) is 4.57 Å². The second kappa shape index (κ2) is 7.89. The van der Waals surface area contributed by atoms with E-state index >= 15 is 0 Å². The second-order valence-corrected chi connectivity index (χ2v) is 8.17. The summed E-state index contributed by atoms with van der Waals surface area (Å²) in [6.07, 6.45) is 4.12. The van der Waals surface area contributed by atoms with Gasteiger partial charge in [0.2, 0.25) is 11.2 Å². The van der Waals surface area contributed by atoms with E-state index in [0.717, 1.165) is 50.4 Å². The van der Waals surface area contributed by atoms with Gasteiger partial charge in [-0.1, -0.05) is 51.3 Å². The van der Waals surface area contributed by atoms with Crippen molar-refractivity contribution in [2.45, 2.75) is 52.6 Å². The second-order valence-electron chi connectivity index (χ2n) is 8.17. The lowest BCUT2D eigenvalue weighted by Crippen LogP contribution is -2.52. The Labute approximate surface area is 170 Å². The molecule has 29 heavy (non-hydrogen) atoms. The number of imidazole rings is 1. The van der Waals surface area contributed by atoms with Gasteiger partial charge in [-0.05, 0) is 18.6 Å². The number of hydrogen-bond acceptors (Lipinski definition) is 3. The van der Waals surface area contributed by atoms with Gasteiger partial charge in [-0.3, -0.25) is 13.9 Å². The molecule has 7 nitrogen and oxygen atoms in total. The standard InChI is InChI=1S/C22H29N5O2/c1-4-5-6-10-13-25-20(28)18-19(24(3)22(25)29)23-21-26(14-16(2)15-27(18)21)17-11-8-7-9-12-17/h7-9,11-12,16H,4-6,10,13-15H2,1-3H3/p+1/t16-/m1/s1. The highest BCUT2D eigenvalue weighted by Crippen LogP contribution is 2.27. The molecule has 154 valence electrons. The molecule has 1 aliphatic heterocycles. The van der Waals surface area contributed by atoms with Crippen LogP contribution < -0.4 is 20.7 Å². The van der Waals surface area contributed by atoms with E-state index in [0.29, 0.717) is 23.6 Å². The first-order chi connectivity index (χ1) is 14.0. The van der Waals surface area contributed by atoms with Gasteiger partial charge in [0.05, 0.1) is 13.1 Å². The first-order valence-corrected chi connectivity index (χ1v) is 10.6. The molecule has 0 unspecified atom stereocenters. The van der Waals surface area contributed by atoms with Crippen molar-refractivity contribution in [3.05, 3.63) is 51.2 Å². The van der Waals surface area contributed by atoms with E-state index in [9.17, 15) is 9.59 Å². The van der Waals surface area contributed by atoms with E-state index < -0.39 is 0 Å². The summed E-state index contributed by atoms with van der Waals surface area (Å²) in [6, 6.07) is 10.2. The van der Waals surface area contributed by atoms with Crippen molar-refractivity contribution in [3.63, 3.8) is 0 Å². The van der Waals surface area contributed by atoms with Gasteiger partial charge in [0, 0.05) is 19.5 Å². The maximum absolute atomic E-state index is 13.3. The molecule has 3 heterocycles. The third-order valence-electron chi connectivity index (χ3n) is 5.83. The van der Waals surface area contributed by atoms with Gasteiger partial charge in [-0.25, -0.2) is 19.2 Å². The number of aromatic amines is 1. The van der Waals surface area contributed by atoms with Crippen LogP contribution in [0.1, 0.15) is 39.5 Å². The van der Waals surface area contributed by atoms with E-state index in [1.807, 2.05) is 18.2 Å². The third-order valence-corrected chi connectivity index (χ3v) is 5.83. The fourth-order valence-corrected chi connectivity index (χ4v) is 4.31. The van der Waals surface area contributed by atoms with E-state index in [2.05, 4.69) is 40.4 Å². The van der Waals surface area contributed by atoms with Crippen molar-refractivity contribution in [1.29, 1.82) is 0 Å². The average molecular weight is 397 g/mol. The maximum atomic E-state index is 13.3. The molecule has 7 heteroatoms. The van der Waals surface area contributed by atoms with Crippen LogP contribution in [0.4, 0.5) is 11.6 Å². The number of unbranched alkanes of at least 4 members (excludes halogenated alkanes) is 3. The Kier molecular flexibility index (Phi) is 5.30. The van der Waals surface area contributed by atoms with Gasteiger partial charge in [0.1, 0.15) is 5.69 Å². The average Bonchev–Trinajstić information content (AvgIpc) is 3.11. The topological polar surface area (TPSA) is 66.9 Å². The number of aromatic nitrogens is 4. The van der Waals surface area contributed by atoms with E-state index in [1.54, 1.807) is 11.6 Å². The van der Waals surface area contributed by atoms with Crippen LogP contribution >= 0.6 is 0 Å². The normalized spacial score (nSPS) is 16.4. The predicted molar refractivity (Wildman–Crippen MR) is 115 cm³/mol. The molecule has 0 spiro atoms. The number of fused-ring (bicyclic) bond motifs is 3. The SMILES string of the molecule is CCCCCCn1c(=O)c2c([nH]c3[n+]2C[C@H](C)CN3c2ccccc2)n(C)c1=O. The molecule has 0 radical (unpaired) electrons. The largest absolute Gasteiger partial charge is 0.364 e. The van der Waals surface area contributed by atoms with Gasteiger partial charge in [-0.15, -0.1) is 0 Å². The van der Waals surface area contributed by atoms with Crippen molar-refractivity contribution in [1.82, 2.24) is 14.1 Å². The van der Waals surface area contributed by atoms with E-state index in [-0.39, 0.29) is 11.2 Å². The predicted octanol–water partition coefficient (Wildman–Crippen LogP) is 2.68. The Morgan fingerprint density at radius 1 is 1.14 bits per heavy atom. The van der Waals surface area contributed by atoms with Gasteiger partial charge in [-0.2, -0.15) is 0 Å². The highest BCUT2D eigenvalue weighted by atomic mass is 16.2. The Morgan fingerprint density at radius 3 is 2.62 bits per heavy atom. The Bertz CT molecular complexity index is 1130. The molecule has 0 amide bonds. The van der Waals surface area contributed by atoms with Crippen LogP contribution in [0.2, 0.25) is 0 Å². The lowest BCUT2D eigenvalue weighted by molar-refractivity contribution is -0.669. The summed E-state index contributed by atoms with van der Waals surface area (Å²) in [5.74, 6) is 1.24. The zero-order chi connectivity index (χ0) is 20.5. The minimum absolute atomic E-state index is 0.191. The Morgan fingerprint density at radius 2 is 1.90 bits per heavy atom. The monoisotopic (exact) mass is 396 g/mol. The number of benzene rings is 1. The lowest BCUT2D eigenvalue weighted by atomic mass is 10.1. The molecule has 1 aliphatic rings. The minimum atomic E-state index is -0.252. The third kappa shape index (κ3) is 3.39. The first kappa shape index (κ1) is 19.5. The van der Waals surface area contributed by atoms with Gasteiger partial charge in [0.25, 0.3) is 5.56 Å². The molecule has 0 aliphatic carbocycles. The number of rotatable bonds is 6. The van der Waals surface area contributed by atoms with E-state index in [4.69, 9.17) is 0 Å². The zero-order valence-corrected chi connectivity index (χ0v) is 17.5. The van der Waals surface area contributed by atoms with Crippen LogP contribution in [0.5, 0.6) is 0 Å².